The standard InChI is InChI=1S/C18H32N4O/c1-4-16(5-2)15-21-18(19-6-3)20-12-8-10-14-22-13-9-7-11-17(22)23/h7,9,11,13,16H,4-6,8,10,12,14-15H2,1-3H3,(H2,19,20,21). The maximum Gasteiger partial charge on any atom is 0.250 e. The highest BCUT2D eigenvalue weighted by Crippen LogP contribution is 2.07. The summed E-state index contributed by atoms with van der Waals surface area (Å²) in [5.41, 5.74) is 0.0699. The van der Waals surface area contributed by atoms with Crippen molar-refractivity contribution in [3.63, 3.8) is 0 Å². The molecule has 0 aliphatic carbocycles. The normalized spacial score (nSPS) is 11.7. The largest absolute Gasteiger partial charge is 0.357 e. The van der Waals surface area contributed by atoms with Crippen molar-refractivity contribution in [1.29, 1.82) is 0 Å². The maximum atomic E-state index is 11.6. The van der Waals surface area contributed by atoms with Gasteiger partial charge in [-0.25, -0.2) is 0 Å². The summed E-state index contributed by atoms with van der Waals surface area (Å²) in [6, 6.07) is 5.28. The first-order chi connectivity index (χ1) is 11.2. The number of rotatable bonds is 10. The van der Waals surface area contributed by atoms with Crippen LogP contribution in [0.3, 0.4) is 0 Å². The van der Waals surface area contributed by atoms with E-state index < -0.39 is 0 Å². The van der Waals surface area contributed by atoms with E-state index in [4.69, 9.17) is 0 Å². The molecule has 0 amide bonds. The molecule has 0 bridgehead atoms. The number of guanidine groups is 1. The lowest BCUT2D eigenvalue weighted by Crippen LogP contribution is -2.38. The smallest absolute Gasteiger partial charge is 0.250 e. The van der Waals surface area contributed by atoms with Crippen LogP contribution in [0.5, 0.6) is 0 Å². The number of aromatic nitrogens is 1. The second-order valence-electron chi connectivity index (χ2n) is 5.77. The van der Waals surface area contributed by atoms with Crippen LogP contribution in [0.15, 0.2) is 34.2 Å². The van der Waals surface area contributed by atoms with Crippen molar-refractivity contribution in [3.8, 4) is 0 Å². The maximum absolute atomic E-state index is 11.6. The lowest BCUT2D eigenvalue weighted by molar-refractivity contribution is 0.503. The van der Waals surface area contributed by atoms with E-state index in [0.717, 1.165) is 45.0 Å². The molecule has 0 saturated heterocycles. The van der Waals surface area contributed by atoms with Gasteiger partial charge in [-0.3, -0.25) is 9.79 Å². The highest BCUT2D eigenvalue weighted by atomic mass is 16.1. The molecule has 23 heavy (non-hydrogen) atoms. The molecule has 0 fully saturated rings. The molecular weight excluding hydrogens is 288 g/mol. The highest BCUT2D eigenvalue weighted by molar-refractivity contribution is 5.79. The van der Waals surface area contributed by atoms with E-state index in [9.17, 15) is 4.79 Å². The Kier molecular flexibility index (Phi) is 9.84. The SMILES string of the molecule is CCNC(=NCC(CC)CC)NCCCCn1ccccc1=O. The minimum Gasteiger partial charge on any atom is -0.357 e. The molecule has 0 radical (unpaired) electrons. The number of unbranched alkanes of at least 4 members (excludes halogenated alkanes) is 1. The second-order valence-corrected chi connectivity index (χ2v) is 5.77. The van der Waals surface area contributed by atoms with Crippen LogP contribution >= 0.6 is 0 Å². The fourth-order valence-corrected chi connectivity index (χ4v) is 2.37. The molecule has 5 heteroatoms. The van der Waals surface area contributed by atoms with Gasteiger partial charge in [0.15, 0.2) is 5.96 Å². The number of aliphatic imine (C=N–C) groups is 1. The molecule has 1 aromatic rings. The van der Waals surface area contributed by atoms with Crippen molar-refractivity contribution >= 4 is 5.96 Å². The summed E-state index contributed by atoms with van der Waals surface area (Å²) in [5.74, 6) is 1.56. The Balaban J connectivity index is 2.31. The molecule has 130 valence electrons. The van der Waals surface area contributed by atoms with Gasteiger partial charge in [0.25, 0.3) is 0 Å². The van der Waals surface area contributed by atoms with Gasteiger partial charge in [-0.2, -0.15) is 0 Å². The fraction of sp³-hybridized carbons (Fsp3) is 0.667. The minimum atomic E-state index is 0.0699. The number of pyridine rings is 1. The van der Waals surface area contributed by atoms with Crippen molar-refractivity contribution in [2.45, 2.75) is 53.0 Å². The summed E-state index contributed by atoms with van der Waals surface area (Å²) in [6.07, 6.45) is 6.17. The summed E-state index contributed by atoms with van der Waals surface area (Å²) < 4.78 is 1.76. The van der Waals surface area contributed by atoms with Gasteiger partial charge in [-0.1, -0.05) is 32.8 Å². The van der Waals surface area contributed by atoms with E-state index in [2.05, 4.69) is 36.4 Å². The molecule has 0 saturated carbocycles. The predicted octanol–water partition coefficient (Wildman–Crippen LogP) is 2.62. The second kappa shape index (κ2) is 11.7. The first-order valence-corrected chi connectivity index (χ1v) is 8.88. The third kappa shape index (κ3) is 7.86. The van der Waals surface area contributed by atoms with Gasteiger partial charge in [-0.05, 0) is 31.7 Å². The lowest BCUT2D eigenvalue weighted by Gasteiger charge is -2.14. The van der Waals surface area contributed by atoms with E-state index in [-0.39, 0.29) is 5.56 Å². The molecule has 0 spiro atoms. The quantitative estimate of drug-likeness (QED) is 0.396. The molecule has 5 nitrogen and oxygen atoms in total. The van der Waals surface area contributed by atoms with E-state index in [0.29, 0.717) is 5.92 Å². The number of nitrogens with one attached hydrogen (secondary N) is 2. The van der Waals surface area contributed by atoms with Gasteiger partial charge >= 0.3 is 0 Å². The summed E-state index contributed by atoms with van der Waals surface area (Å²) in [6.45, 7) is 9.90. The van der Waals surface area contributed by atoms with Crippen LogP contribution in [0.25, 0.3) is 0 Å². The molecule has 0 aliphatic rings. The Morgan fingerprint density at radius 3 is 2.61 bits per heavy atom. The molecule has 0 aliphatic heterocycles. The topological polar surface area (TPSA) is 58.4 Å². The zero-order chi connectivity index (χ0) is 16.9. The molecule has 0 aromatic carbocycles. The van der Waals surface area contributed by atoms with Crippen LogP contribution in [0.2, 0.25) is 0 Å². The van der Waals surface area contributed by atoms with Crippen LogP contribution in [0, 0.1) is 5.92 Å². The van der Waals surface area contributed by atoms with E-state index in [1.807, 2.05) is 12.3 Å². The van der Waals surface area contributed by atoms with Gasteiger partial charge < -0.3 is 15.2 Å². The Bertz CT molecular complexity index is 506. The van der Waals surface area contributed by atoms with Crippen LogP contribution in [-0.4, -0.2) is 30.2 Å². The fourth-order valence-electron chi connectivity index (χ4n) is 2.37. The monoisotopic (exact) mass is 320 g/mol. The number of hydrogen-bond acceptors (Lipinski definition) is 2. The Morgan fingerprint density at radius 2 is 1.96 bits per heavy atom. The zero-order valence-corrected chi connectivity index (χ0v) is 14.8. The van der Waals surface area contributed by atoms with Crippen molar-refractivity contribution < 1.29 is 0 Å². The number of nitrogens with zero attached hydrogens (tertiary/aromatic N) is 2. The predicted molar refractivity (Wildman–Crippen MR) is 98.0 cm³/mol. The third-order valence-corrected chi connectivity index (χ3v) is 4.02. The molecule has 1 heterocycles. The molecule has 0 atom stereocenters. The highest BCUT2D eigenvalue weighted by Gasteiger charge is 2.03. The van der Waals surface area contributed by atoms with Crippen LogP contribution in [0.1, 0.15) is 46.5 Å². The van der Waals surface area contributed by atoms with Crippen molar-refractivity contribution in [3.05, 3.63) is 34.7 Å². The van der Waals surface area contributed by atoms with Crippen molar-refractivity contribution in [2.24, 2.45) is 10.9 Å². The van der Waals surface area contributed by atoms with Crippen LogP contribution in [0.4, 0.5) is 0 Å². The summed E-state index contributed by atoms with van der Waals surface area (Å²) in [4.78, 5) is 16.3. The average molecular weight is 320 g/mol. The molecule has 0 unspecified atom stereocenters. The summed E-state index contributed by atoms with van der Waals surface area (Å²) >= 11 is 0. The zero-order valence-electron chi connectivity index (χ0n) is 14.8. The minimum absolute atomic E-state index is 0.0699. The lowest BCUT2D eigenvalue weighted by atomic mass is 10.0. The molecule has 2 N–H and O–H groups in total. The average Bonchev–Trinajstić information content (AvgIpc) is 2.56. The summed E-state index contributed by atoms with van der Waals surface area (Å²) in [7, 11) is 0. The molecule has 1 aromatic heterocycles. The molecule has 1 rings (SSSR count). The Labute approximate surface area is 140 Å². The summed E-state index contributed by atoms with van der Waals surface area (Å²) in [5, 5.41) is 6.66. The van der Waals surface area contributed by atoms with E-state index in [1.165, 1.54) is 12.8 Å². The van der Waals surface area contributed by atoms with Crippen LogP contribution < -0.4 is 16.2 Å². The van der Waals surface area contributed by atoms with Crippen LogP contribution in [-0.2, 0) is 6.54 Å². The van der Waals surface area contributed by atoms with Crippen molar-refractivity contribution in [2.75, 3.05) is 19.6 Å². The van der Waals surface area contributed by atoms with Gasteiger partial charge in [0.1, 0.15) is 0 Å². The third-order valence-electron chi connectivity index (χ3n) is 4.02. The van der Waals surface area contributed by atoms with Gasteiger partial charge in [-0.15, -0.1) is 0 Å². The first-order valence-electron chi connectivity index (χ1n) is 8.88. The van der Waals surface area contributed by atoms with Gasteiger partial charge in [0.05, 0.1) is 0 Å². The number of aryl methyl sites for hydroxylation is 1. The van der Waals surface area contributed by atoms with E-state index >= 15 is 0 Å². The molecular formula is C18H32N4O. The Morgan fingerprint density at radius 1 is 1.17 bits per heavy atom. The van der Waals surface area contributed by atoms with E-state index in [1.54, 1.807) is 16.7 Å². The van der Waals surface area contributed by atoms with Gasteiger partial charge in [0.2, 0.25) is 5.56 Å². The number of hydrogen-bond donors (Lipinski definition) is 2. The van der Waals surface area contributed by atoms with Crippen molar-refractivity contribution in [1.82, 2.24) is 15.2 Å². The first kappa shape index (κ1) is 19.3. The Hall–Kier alpha value is -1.78. The van der Waals surface area contributed by atoms with Gasteiger partial charge in [0, 0.05) is 38.4 Å².